The molecule has 0 unspecified atom stereocenters. The van der Waals surface area contributed by atoms with E-state index in [2.05, 4.69) is 83.1 Å². The normalized spacial score (nSPS) is 15.1. The van der Waals surface area contributed by atoms with Crippen LogP contribution in [0.3, 0.4) is 0 Å². The SMILES string of the molecule is Cc1cc(C(C)(C)C)c(P(O)(O)(OCC(CO)(CO)CO)c2c(C(C)(C)C)cc(C)cc2C(C)(C)C)c(C(C)(C)C)c1. The maximum atomic E-state index is 13.6. The Morgan fingerprint density at radius 1 is 0.524 bits per heavy atom. The van der Waals surface area contributed by atoms with Crippen molar-refractivity contribution in [1.29, 1.82) is 0 Å². The van der Waals surface area contributed by atoms with Gasteiger partial charge in [0.1, 0.15) is 0 Å². The number of hydrogen-bond donors (Lipinski definition) is 5. The summed E-state index contributed by atoms with van der Waals surface area (Å²) in [7, 11) is -5.69. The van der Waals surface area contributed by atoms with Crippen molar-refractivity contribution in [2.45, 2.75) is 119 Å². The van der Waals surface area contributed by atoms with Crippen molar-refractivity contribution in [2.24, 2.45) is 5.41 Å². The average Bonchev–Trinajstić information content (AvgIpc) is 2.82. The second kappa shape index (κ2) is 11.5. The standard InChI is InChI=1S/C35H59O6P/c1-23-15-25(31(3,4)5)29(26(16-23)32(6,7)8)42(39,40,41-22-35(19-36,20-37)21-38)30-27(33(9,10)11)17-24(2)18-28(30)34(12,13)14/h15-18,36-40H,19-22H2,1-14H3. The molecular formula is C35H59O6P. The van der Waals surface area contributed by atoms with Crippen LogP contribution in [-0.4, -0.2) is 51.5 Å². The van der Waals surface area contributed by atoms with Gasteiger partial charge in [-0.2, -0.15) is 0 Å². The summed E-state index contributed by atoms with van der Waals surface area (Å²) >= 11 is 0. The Hall–Kier alpha value is -1.37. The van der Waals surface area contributed by atoms with Gasteiger partial charge in [-0.1, -0.05) is 0 Å². The number of hydrogen-bond acceptors (Lipinski definition) is 6. The van der Waals surface area contributed by atoms with E-state index in [1.165, 1.54) is 0 Å². The van der Waals surface area contributed by atoms with Crippen LogP contribution in [0.15, 0.2) is 24.3 Å². The minimum atomic E-state index is -5.69. The second-order valence-electron chi connectivity index (χ2n) is 16.6. The van der Waals surface area contributed by atoms with Gasteiger partial charge in [0.05, 0.1) is 0 Å². The Labute approximate surface area is 255 Å². The molecule has 0 aromatic heterocycles. The number of aliphatic hydroxyl groups is 3. The first-order valence-corrected chi connectivity index (χ1v) is 17.1. The van der Waals surface area contributed by atoms with Gasteiger partial charge in [0.15, 0.2) is 0 Å². The van der Waals surface area contributed by atoms with Crippen molar-refractivity contribution in [2.75, 3.05) is 26.4 Å². The predicted molar refractivity (Wildman–Crippen MR) is 177 cm³/mol. The number of rotatable bonds is 8. The van der Waals surface area contributed by atoms with E-state index >= 15 is 0 Å². The Balaban J connectivity index is 3.46. The number of benzene rings is 2. The average molecular weight is 607 g/mol. The zero-order valence-electron chi connectivity index (χ0n) is 28.7. The molecule has 0 saturated carbocycles. The van der Waals surface area contributed by atoms with Gasteiger partial charge in [-0.25, -0.2) is 0 Å². The van der Waals surface area contributed by atoms with Crippen molar-refractivity contribution >= 4 is 17.9 Å². The molecule has 5 N–H and O–H groups in total. The van der Waals surface area contributed by atoms with Crippen molar-refractivity contribution in [3.63, 3.8) is 0 Å². The van der Waals surface area contributed by atoms with E-state index in [-0.39, 0.29) is 0 Å². The fourth-order valence-corrected chi connectivity index (χ4v) is 9.84. The Bertz CT molecular complexity index is 1110. The molecule has 0 saturated heterocycles. The Kier molecular flexibility index (Phi) is 10.1. The summed E-state index contributed by atoms with van der Waals surface area (Å²) in [4.78, 5) is 27.3. The molecule has 0 aliphatic heterocycles. The molecule has 0 bridgehead atoms. The van der Waals surface area contributed by atoms with E-state index < -0.39 is 60.8 Å². The zero-order chi connectivity index (χ0) is 32.9. The van der Waals surface area contributed by atoms with E-state index in [0.717, 1.165) is 33.4 Å². The molecule has 2 aromatic carbocycles. The molecule has 0 fully saturated rings. The maximum absolute atomic E-state index is 13.6. The molecular weight excluding hydrogens is 547 g/mol. The fraction of sp³-hybridized carbons (Fsp3) is 0.657. The fourth-order valence-electron chi connectivity index (χ4n) is 5.50. The molecule has 2 rings (SSSR count). The summed E-state index contributed by atoms with van der Waals surface area (Å²) in [5.74, 6) is 0. The van der Waals surface area contributed by atoms with E-state index in [9.17, 15) is 25.1 Å². The molecule has 0 spiro atoms. The first-order chi connectivity index (χ1) is 18.7. The van der Waals surface area contributed by atoms with E-state index in [1.54, 1.807) is 0 Å². The molecule has 0 radical (unpaired) electrons. The number of aliphatic hydroxyl groups excluding tert-OH is 3. The topological polar surface area (TPSA) is 110 Å². The summed E-state index contributed by atoms with van der Waals surface area (Å²) in [6, 6.07) is 8.06. The van der Waals surface area contributed by atoms with Crippen LogP contribution in [0, 0.1) is 19.3 Å². The minimum absolute atomic E-state index is 0.356. The van der Waals surface area contributed by atoms with Crippen LogP contribution in [0.1, 0.15) is 116 Å². The van der Waals surface area contributed by atoms with Gasteiger partial charge in [-0.3, -0.25) is 0 Å². The van der Waals surface area contributed by atoms with Crippen LogP contribution in [0.2, 0.25) is 0 Å². The van der Waals surface area contributed by atoms with Crippen molar-refractivity contribution in [3.8, 4) is 0 Å². The molecule has 0 atom stereocenters. The molecule has 42 heavy (non-hydrogen) atoms. The van der Waals surface area contributed by atoms with Crippen LogP contribution in [0.25, 0.3) is 0 Å². The molecule has 0 aliphatic rings. The molecule has 2 aromatic rings. The van der Waals surface area contributed by atoms with Crippen molar-refractivity contribution in [1.82, 2.24) is 0 Å². The molecule has 0 aliphatic carbocycles. The Morgan fingerprint density at radius 2 is 0.762 bits per heavy atom. The van der Waals surface area contributed by atoms with Crippen LogP contribution in [0.4, 0.5) is 0 Å². The third-order valence-electron chi connectivity index (χ3n) is 8.17. The van der Waals surface area contributed by atoms with Crippen molar-refractivity contribution in [3.05, 3.63) is 57.6 Å². The van der Waals surface area contributed by atoms with Gasteiger partial charge in [0.2, 0.25) is 0 Å². The summed E-state index contributed by atoms with van der Waals surface area (Å²) in [6.45, 7) is 26.4. The zero-order valence-corrected chi connectivity index (χ0v) is 29.6. The van der Waals surface area contributed by atoms with Crippen LogP contribution in [-0.2, 0) is 26.2 Å². The molecule has 7 heteroatoms. The molecule has 0 amide bonds. The van der Waals surface area contributed by atoms with Gasteiger partial charge in [-0.15, -0.1) is 0 Å². The molecule has 0 heterocycles. The quantitative estimate of drug-likeness (QED) is 0.247. The Morgan fingerprint density at radius 3 is 0.952 bits per heavy atom. The van der Waals surface area contributed by atoms with E-state index in [4.69, 9.17) is 4.52 Å². The van der Waals surface area contributed by atoms with Gasteiger partial charge in [0, 0.05) is 0 Å². The first-order valence-electron chi connectivity index (χ1n) is 15.0. The van der Waals surface area contributed by atoms with Crippen LogP contribution < -0.4 is 10.6 Å². The van der Waals surface area contributed by atoms with Gasteiger partial charge in [-0.05, 0) is 0 Å². The monoisotopic (exact) mass is 606 g/mol. The summed E-state index contributed by atoms with van der Waals surface area (Å²) in [5.41, 5.74) is 1.54. The third-order valence-corrected chi connectivity index (χ3v) is 11.4. The van der Waals surface area contributed by atoms with E-state index in [0.29, 0.717) is 10.6 Å². The van der Waals surface area contributed by atoms with Crippen LogP contribution >= 0.6 is 7.28 Å². The first kappa shape index (κ1) is 36.8. The number of aryl methyl sites for hydroxylation is 2. The van der Waals surface area contributed by atoms with Crippen molar-refractivity contribution < 1.29 is 29.6 Å². The molecule has 240 valence electrons. The van der Waals surface area contributed by atoms with Gasteiger partial charge in [0.25, 0.3) is 0 Å². The van der Waals surface area contributed by atoms with E-state index in [1.807, 2.05) is 38.1 Å². The van der Waals surface area contributed by atoms with Gasteiger partial charge < -0.3 is 0 Å². The van der Waals surface area contributed by atoms with Gasteiger partial charge >= 0.3 is 256 Å². The summed E-state index contributed by atoms with van der Waals surface area (Å²) in [6.07, 6.45) is 0. The summed E-state index contributed by atoms with van der Waals surface area (Å²) < 4.78 is 6.61. The second-order valence-corrected chi connectivity index (χ2v) is 19.7. The third kappa shape index (κ3) is 7.12. The predicted octanol–water partition coefficient (Wildman–Crippen LogP) is 5.71. The summed E-state index contributed by atoms with van der Waals surface area (Å²) in [5, 5.41) is 31.5. The molecule has 6 nitrogen and oxygen atoms in total. The van der Waals surface area contributed by atoms with Crippen LogP contribution in [0.5, 0.6) is 0 Å².